The van der Waals surface area contributed by atoms with Crippen LogP contribution in [-0.4, -0.2) is 80.9 Å². The lowest BCUT2D eigenvalue weighted by Crippen LogP contribution is -2.55. The lowest BCUT2D eigenvalue weighted by atomic mass is 9.92. The smallest absolute Gasteiger partial charge is 0.327 e. The second kappa shape index (κ2) is 20.8. The number of non-ortho nitro benzene ring substituents is 1. The van der Waals surface area contributed by atoms with Gasteiger partial charge in [-0.25, -0.2) is 9.59 Å². The number of nitro groups is 2. The standard InChI is InChI=1S/C35H48N8O11/c1-21(2)16-27(32(46)41-28(34(49)50)19-36-15-14-26(33(47)48)39-31(45)18-35(3,4)5)40-30(44)17-22-6-8-23(9-7-22)37-29(20-42(51)52)38-24-10-12-25(13-11-24)43(53)54/h6-13,20-21,26-28,36-38H,14-19H2,1-5H3,(H,39,45)(H,40,44)(H,41,46)(H,47,48)(H,49,50). The van der Waals surface area contributed by atoms with Gasteiger partial charge in [-0.05, 0) is 60.5 Å². The molecule has 3 amide bonds. The molecule has 0 saturated carbocycles. The number of hydrogen-bond donors (Lipinski definition) is 8. The number of hydrogen-bond acceptors (Lipinski definition) is 12. The van der Waals surface area contributed by atoms with E-state index in [9.17, 15) is 54.4 Å². The Kier molecular flexibility index (Phi) is 17.0. The first-order valence-corrected chi connectivity index (χ1v) is 17.0. The molecule has 0 fully saturated rings. The summed E-state index contributed by atoms with van der Waals surface area (Å²) in [6.07, 6.45) is 0.808. The molecule has 0 saturated heterocycles. The molecular formula is C35H48N8O11. The lowest BCUT2D eigenvalue weighted by Gasteiger charge is -2.23. The molecular weight excluding hydrogens is 708 g/mol. The van der Waals surface area contributed by atoms with Crippen LogP contribution in [0.25, 0.3) is 0 Å². The molecule has 2 aromatic rings. The maximum atomic E-state index is 13.2. The SMILES string of the molecule is CC(C)CC(NC(=O)Cc1ccc(NC(=C[N+](=O)[O-])Nc2ccc([N+](=O)[O-])cc2)cc1)C(=O)NC(CNCCC(NC(=O)CC(C)(C)C)C(=O)O)C(=O)O. The minimum absolute atomic E-state index is 0.0243. The Morgan fingerprint density at radius 2 is 1.31 bits per heavy atom. The number of anilines is 2. The van der Waals surface area contributed by atoms with E-state index in [0.29, 0.717) is 23.1 Å². The van der Waals surface area contributed by atoms with Gasteiger partial charge in [-0.15, -0.1) is 0 Å². The predicted octanol–water partition coefficient (Wildman–Crippen LogP) is 2.82. The Morgan fingerprint density at radius 1 is 0.778 bits per heavy atom. The third-order valence-electron chi connectivity index (χ3n) is 7.45. The van der Waals surface area contributed by atoms with E-state index in [-0.39, 0.29) is 61.6 Å². The highest BCUT2D eigenvalue weighted by Gasteiger charge is 2.28. The van der Waals surface area contributed by atoms with Crippen molar-refractivity contribution < 1.29 is 44.0 Å². The molecule has 8 N–H and O–H groups in total. The Bertz CT molecular complexity index is 1670. The minimum Gasteiger partial charge on any atom is -0.480 e. The summed E-state index contributed by atoms with van der Waals surface area (Å²) in [5.41, 5.74) is 0.801. The number of nitro benzene ring substituents is 1. The van der Waals surface area contributed by atoms with Crippen LogP contribution in [0, 0.1) is 31.6 Å². The van der Waals surface area contributed by atoms with Crippen LogP contribution in [0.5, 0.6) is 0 Å². The number of nitrogens with one attached hydrogen (secondary N) is 6. The van der Waals surface area contributed by atoms with E-state index in [0.717, 1.165) is 0 Å². The average molecular weight is 757 g/mol. The van der Waals surface area contributed by atoms with Gasteiger partial charge in [0.25, 0.3) is 11.9 Å². The first-order chi connectivity index (χ1) is 25.2. The van der Waals surface area contributed by atoms with Crippen molar-refractivity contribution in [3.05, 3.63) is 86.3 Å². The number of carboxylic acid groups (broad SMARTS) is 2. The van der Waals surface area contributed by atoms with E-state index in [1.807, 2.05) is 34.6 Å². The molecule has 0 radical (unpaired) electrons. The van der Waals surface area contributed by atoms with E-state index in [1.54, 1.807) is 24.3 Å². The fourth-order valence-electron chi connectivity index (χ4n) is 4.97. The van der Waals surface area contributed by atoms with Gasteiger partial charge in [0.1, 0.15) is 18.1 Å². The quantitative estimate of drug-likeness (QED) is 0.0487. The second-order valence-electron chi connectivity index (χ2n) is 14.1. The van der Waals surface area contributed by atoms with Crippen LogP contribution < -0.4 is 31.9 Å². The zero-order chi connectivity index (χ0) is 40.6. The highest BCUT2D eigenvalue weighted by molar-refractivity contribution is 5.91. The summed E-state index contributed by atoms with van der Waals surface area (Å²) in [5.74, 6) is -4.37. The molecule has 2 aromatic carbocycles. The zero-order valence-electron chi connectivity index (χ0n) is 30.7. The molecule has 2 rings (SSSR count). The Morgan fingerprint density at radius 3 is 1.80 bits per heavy atom. The maximum Gasteiger partial charge on any atom is 0.327 e. The van der Waals surface area contributed by atoms with Gasteiger partial charge >= 0.3 is 11.9 Å². The molecule has 0 aliphatic rings. The van der Waals surface area contributed by atoms with Crippen molar-refractivity contribution in [1.82, 2.24) is 21.3 Å². The average Bonchev–Trinajstić information content (AvgIpc) is 3.04. The summed E-state index contributed by atoms with van der Waals surface area (Å²) in [7, 11) is 0. The molecule has 0 heterocycles. The molecule has 54 heavy (non-hydrogen) atoms. The number of rotatable bonds is 22. The van der Waals surface area contributed by atoms with Crippen molar-refractivity contribution in [3.8, 4) is 0 Å². The molecule has 19 heteroatoms. The summed E-state index contributed by atoms with van der Waals surface area (Å²) in [4.78, 5) is 82.9. The van der Waals surface area contributed by atoms with E-state index in [4.69, 9.17) is 0 Å². The summed E-state index contributed by atoms with van der Waals surface area (Å²) < 4.78 is 0. The van der Waals surface area contributed by atoms with Crippen LogP contribution in [0.1, 0.15) is 59.4 Å². The zero-order valence-corrected chi connectivity index (χ0v) is 30.7. The van der Waals surface area contributed by atoms with E-state index in [1.165, 1.54) is 24.3 Å². The van der Waals surface area contributed by atoms with Gasteiger partial charge in [0.15, 0.2) is 5.82 Å². The predicted molar refractivity (Wildman–Crippen MR) is 198 cm³/mol. The van der Waals surface area contributed by atoms with Gasteiger partial charge in [-0.3, -0.25) is 34.6 Å². The van der Waals surface area contributed by atoms with Gasteiger partial charge in [-0.1, -0.05) is 46.8 Å². The van der Waals surface area contributed by atoms with E-state index >= 15 is 0 Å². The summed E-state index contributed by atoms with van der Waals surface area (Å²) in [5, 5.41) is 57.3. The van der Waals surface area contributed by atoms with Crippen molar-refractivity contribution in [2.45, 2.75) is 78.4 Å². The number of aliphatic carboxylic acids is 2. The Hall–Kier alpha value is -6.11. The van der Waals surface area contributed by atoms with Crippen molar-refractivity contribution in [1.29, 1.82) is 0 Å². The summed E-state index contributed by atoms with van der Waals surface area (Å²) in [6.45, 7) is 8.94. The third kappa shape index (κ3) is 16.9. The fourth-order valence-corrected chi connectivity index (χ4v) is 4.97. The highest BCUT2D eigenvalue weighted by atomic mass is 16.6. The van der Waals surface area contributed by atoms with Gasteiger partial charge in [-0.2, -0.15) is 0 Å². The molecule has 0 spiro atoms. The van der Waals surface area contributed by atoms with Crippen molar-refractivity contribution in [2.24, 2.45) is 11.3 Å². The van der Waals surface area contributed by atoms with Gasteiger partial charge in [0.2, 0.25) is 17.7 Å². The lowest BCUT2D eigenvalue weighted by molar-refractivity contribution is -0.403. The number of carboxylic acids is 2. The normalized spacial score (nSPS) is 13.2. The van der Waals surface area contributed by atoms with Gasteiger partial charge < -0.3 is 42.1 Å². The second-order valence-corrected chi connectivity index (χ2v) is 14.1. The third-order valence-corrected chi connectivity index (χ3v) is 7.45. The summed E-state index contributed by atoms with van der Waals surface area (Å²) >= 11 is 0. The highest BCUT2D eigenvalue weighted by Crippen LogP contribution is 2.20. The fraction of sp³-hybridized carbons (Fsp3) is 0.457. The van der Waals surface area contributed by atoms with Gasteiger partial charge in [0.05, 0.1) is 16.3 Å². The number of carbonyl (C=O) groups is 5. The van der Waals surface area contributed by atoms with E-state index in [2.05, 4.69) is 31.9 Å². The number of nitrogens with zero attached hydrogens (tertiary/aromatic N) is 2. The largest absolute Gasteiger partial charge is 0.480 e. The molecule has 0 aliphatic heterocycles. The van der Waals surface area contributed by atoms with Gasteiger partial charge in [0, 0.05) is 36.5 Å². The molecule has 3 atom stereocenters. The van der Waals surface area contributed by atoms with E-state index < -0.39 is 57.6 Å². The van der Waals surface area contributed by atoms with Crippen LogP contribution in [0.2, 0.25) is 0 Å². The molecule has 3 unspecified atom stereocenters. The molecule has 19 nitrogen and oxygen atoms in total. The molecule has 294 valence electrons. The monoisotopic (exact) mass is 756 g/mol. The number of amides is 3. The van der Waals surface area contributed by atoms with Crippen LogP contribution in [-0.2, 0) is 30.4 Å². The van der Waals surface area contributed by atoms with Crippen molar-refractivity contribution in [2.75, 3.05) is 23.7 Å². The first-order valence-electron chi connectivity index (χ1n) is 17.0. The van der Waals surface area contributed by atoms with Crippen LogP contribution in [0.15, 0.2) is 60.6 Å². The molecule has 0 aromatic heterocycles. The van der Waals surface area contributed by atoms with Crippen molar-refractivity contribution >= 4 is 46.7 Å². The molecule has 0 bridgehead atoms. The Labute approximate surface area is 311 Å². The molecule has 0 aliphatic carbocycles. The minimum atomic E-state index is -1.41. The number of carbonyl (C=O) groups excluding carboxylic acids is 3. The van der Waals surface area contributed by atoms with Crippen LogP contribution in [0.3, 0.4) is 0 Å². The maximum absolute atomic E-state index is 13.2. The number of benzene rings is 2. The topological polar surface area (TPSA) is 284 Å². The Balaban J connectivity index is 1.99. The van der Waals surface area contributed by atoms with Crippen LogP contribution >= 0.6 is 0 Å². The van der Waals surface area contributed by atoms with Crippen molar-refractivity contribution in [3.63, 3.8) is 0 Å². The van der Waals surface area contributed by atoms with Crippen LogP contribution in [0.4, 0.5) is 17.1 Å². The first kappa shape index (κ1) is 44.1. The summed E-state index contributed by atoms with van der Waals surface area (Å²) in [6, 6.07) is 7.88.